The molecule has 4 rings (SSSR count). The first-order valence-corrected chi connectivity index (χ1v) is 7.81. The van der Waals surface area contributed by atoms with Crippen LogP contribution in [0.15, 0.2) is 36.4 Å². The lowest BCUT2D eigenvalue weighted by molar-refractivity contribution is 0.663. The molecular weight excluding hydrogens is 260 g/mol. The summed E-state index contributed by atoms with van der Waals surface area (Å²) in [4.78, 5) is 2.28. The van der Waals surface area contributed by atoms with Gasteiger partial charge in [-0.05, 0) is 49.4 Å². The van der Waals surface area contributed by atoms with Crippen LogP contribution in [0.4, 0.5) is 11.5 Å². The lowest BCUT2D eigenvalue weighted by Crippen LogP contribution is -2.25. The van der Waals surface area contributed by atoms with Crippen LogP contribution in [0.1, 0.15) is 30.5 Å². The molecule has 1 aliphatic heterocycles. The Kier molecular flexibility index (Phi) is 3.31. The van der Waals surface area contributed by atoms with Crippen LogP contribution >= 0.6 is 0 Å². The second kappa shape index (κ2) is 5.45. The van der Waals surface area contributed by atoms with Gasteiger partial charge in [-0.2, -0.15) is 5.10 Å². The van der Waals surface area contributed by atoms with Gasteiger partial charge in [0.2, 0.25) is 0 Å². The number of hydrogen-bond acceptors (Lipinski definition) is 4. The molecule has 1 aliphatic carbocycles. The van der Waals surface area contributed by atoms with E-state index >= 15 is 0 Å². The average Bonchev–Trinajstić information content (AvgIpc) is 3.37. The van der Waals surface area contributed by atoms with E-state index in [0.29, 0.717) is 6.04 Å². The molecule has 21 heavy (non-hydrogen) atoms. The Bertz CT molecular complexity index is 619. The predicted molar refractivity (Wildman–Crippen MR) is 83.7 cm³/mol. The van der Waals surface area contributed by atoms with Crippen molar-refractivity contribution < 1.29 is 0 Å². The number of nitrogens with zero attached hydrogens (tertiary/aromatic N) is 3. The Hall–Kier alpha value is -1.94. The van der Waals surface area contributed by atoms with E-state index in [9.17, 15) is 0 Å². The van der Waals surface area contributed by atoms with Gasteiger partial charge in [0, 0.05) is 24.8 Å². The lowest BCUT2D eigenvalue weighted by Gasteiger charge is -2.29. The Labute approximate surface area is 125 Å². The number of rotatable bonds is 4. The third-order valence-corrected chi connectivity index (χ3v) is 4.24. The number of benzene rings is 1. The number of anilines is 2. The van der Waals surface area contributed by atoms with E-state index in [1.54, 1.807) is 0 Å². The minimum absolute atomic E-state index is 0.709. The molecule has 0 bridgehead atoms. The molecule has 1 fully saturated rings. The molecule has 1 aromatic heterocycles. The summed E-state index contributed by atoms with van der Waals surface area (Å²) in [5, 5.41) is 12.3. The highest BCUT2D eigenvalue weighted by atomic mass is 15.3. The number of aromatic nitrogens is 2. The van der Waals surface area contributed by atoms with Gasteiger partial charge in [0.25, 0.3) is 0 Å². The van der Waals surface area contributed by atoms with Crippen LogP contribution in [-0.2, 0) is 13.0 Å². The van der Waals surface area contributed by atoms with Crippen molar-refractivity contribution in [1.82, 2.24) is 15.5 Å². The monoisotopic (exact) mass is 280 g/mol. The van der Waals surface area contributed by atoms with E-state index in [1.807, 2.05) is 0 Å². The van der Waals surface area contributed by atoms with Crippen molar-refractivity contribution in [2.75, 3.05) is 11.4 Å². The predicted octanol–water partition coefficient (Wildman–Crippen LogP) is 2.81. The SMILES string of the molecule is c1ccc2c(c1)CCCN2c1ccc(CNC2CC2)nn1. The van der Waals surface area contributed by atoms with E-state index < -0.39 is 0 Å². The van der Waals surface area contributed by atoms with Crippen LogP contribution in [0.2, 0.25) is 0 Å². The highest BCUT2D eigenvalue weighted by Crippen LogP contribution is 2.31. The summed E-state index contributed by atoms with van der Waals surface area (Å²) in [6.45, 7) is 1.85. The van der Waals surface area contributed by atoms with Crippen LogP contribution in [0.25, 0.3) is 0 Å². The zero-order valence-corrected chi connectivity index (χ0v) is 12.1. The Balaban J connectivity index is 1.53. The third-order valence-electron chi connectivity index (χ3n) is 4.24. The summed E-state index contributed by atoms with van der Waals surface area (Å²) in [5.41, 5.74) is 3.71. The number of hydrogen-bond donors (Lipinski definition) is 1. The quantitative estimate of drug-likeness (QED) is 0.935. The molecule has 4 heteroatoms. The van der Waals surface area contributed by atoms with Gasteiger partial charge in [-0.3, -0.25) is 0 Å². The highest BCUT2D eigenvalue weighted by molar-refractivity contribution is 5.64. The van der Waals surface area contributed by atoms with Crippen LogP contribution in [0.3, 0.4) is 0 Å². The van der Waals surface area contributed by atoms with Crippen LogP contribution in [-0.4, -0.2) is 22.8 Å². The topological polar surface area (TPSA) is 41.0 Å². The summed E-state index contributed by atoms with van der Waals surface area (Å²) in [7, 11) is 0. The van der Waals surface area contributed by atoms with E-state index in [4.69, 9.17) is 0 Å². The summed E-state index contributed by atoms with van der Waals surface area (Å²) in [5.74, 6) is 0.956. The zero-order chi connectivity index (χ0) is 14.1. The zero-order valence-electron chi connectivity index (χ0n) is 12.1. The van der Waals surface area contributed by atoms with E-state index in [1.165, 1.54) is 30.5 Å². The molecule has 1 saturated carbocycles. The Morgan fingerprint density at radius 3 is 2.81 bits per heavy atom. The number of nitrogens with one attached hydrogen (secondary N) is 1. The molecule has 0 radical (unpaired) electrons. The molecule has 0 atom stereocenters. The summed E-state index contributed by atoms with van der Waals surface area (Å²) in [6.07, 6.45) is 4.93. The van der Waals surface area contributed by atoms with Gasteiger partial charge in [0.05, 0.1) is 5.69 Å². The van der Waals surface area contributed by atoms with Gasteiger partial charge in [0.1, 0.15) is 0 Å². The second-order valence-electron chi connectivity index (χ2n) is 5.92. The largest absolute Gasteiger partial charge is 0.325 e. The number of aryl methyl sites for hydroxylation is 1. The van der Waals surface area contributed by atoms with Crippen molar-refractivity contribution in [3.63, 3.8) is 0 Å². The maximum Gasteiger partial charge on any atom is 0.155 e. The molecule has 1 N–H and O–H groups in total. The maximum atomic E-state index is 4.44. The van der Waals surface area contributed by atoms with Crippen molar-refractivity contribution in [3.05, 3.63) is 47.7 Å². The fraction of sp³-hybridized carbons (Fsp3) is 0.412. The maximum absolute atomic E-state index is 4.44. The number of fused-ring (bicyclic) bond motifs is 1. The molecule has 2 aliphatic rings. The van der Waals surface area contributed by atoms with E-state index in [0.717, 1.165) is 31.0 Å². The smallest absolute Gasteiger partial charge is 0.155 e. The van der Waals surface area contributed by atoms with Crippen LogP contribution in [0, 0.1) is 0 Å². The van der Waals surface area contributed by atoms with E-state index in [-0.39, 0.29) is 0 Å². The summed E-state index contributed by atoms with van der Waals surface area (Å²) < 4.78 is 0. The minimum Gasteiger partial charge on any atom is -0.325 e. The van der Waals surface area contributed by atoms with Crippen molar-refractivity contribution in [1.29, 1.82) is 0 Å². The highest BCUT2D eigenvalue weighted by Gasteiger charge is 2.21. The molecule has 0 unspecified atom stereocenters. The van der Waals surface area contributed by atoms with Crippen molar-refractivity contribution in [2.24, 2.45) is 0 Å². The fourth-order valence-corrected chi connectivity index (χ4v) is 2.90. The molecule has 0 amide bonds. The van der Waals surface area contributed by atoms with Crippen molar-refractivity contribution in [3.8, 4) is 0 Å². The molecule has 108 valence electrons. The summed E-state index contributed by atoms with van der Waals surface area (Å²) >= 11 is 0. The normalized spacial score (nSPS) is 17.6. The average molecular weight is 280 g/mol. The van der Waals surface area contributed by atoms with Gasteiger partial charge >= 0.3 is 0 Å². The lowest BCUT2D eigenvalue weighted by atomic mass is 10.0. The molecule has 0 spiro atoms. The summed E-state index contributed by atoms with van der Waals surface area (Å²) in [6, 6.07) is 13.5. The molecule has 4 nitrogen and oxygen atoms in total. The van der Waals surface area contributed by atoms with Crippen LogP contribution in [0.5, 0.6) is 0 Å². The van der Waals surface area contributed by atoms with Crippen molar-refractivity contribution in [2.45, 2.75) is 38.3 Å². The molecular formula is C17H20N4. The van der Waals surface area contributed by atoms with Gasteiger partial charge in [0.15, 0.2) is 5.82 Å². The third kappa shape index (κ3) is 2.76. The molecule has 2 heterocycles. The van der Waals surface area contributed by atoms with Gasteiger partial charge in [-0.1, -0.05) is 18.2 Å². The van der Waals surface area contributed by atoms with E-state index in [2.05, 4.69) is 56.8 Å². The molecule has 2 aromatic rings. The van der Waals surface area contributed by atoms with Gasteiger partial charge in [-0.25, -0.2) is 0 Å². The molecule has 1 aromatic carbocycles. The van der Waals surface area contributed by atoms with Crippen LogP contribution < -0.4 is 10.2 Å². The van der Waals surface area contributed by atoms with Gasteiger partial charge in [-0.15, -0.1) is 5.10 Å². The van der Waals surface area contributed by atoms with Gasteiger partial charge < -0.3 is 10.2 Å². The first-order valence-electron chi connectivity index (χ1n) is 7.81. The Morgan fingerprint density at radius 1 is 1.10 bits per heavy atom. The van der Waals surface area contributed by atoms with Crippen molar-refractivity contribution >= 4 is 11.5 Å². The number of para-hydroxylation sites is 1. The molecule has 0 saturated heterocycles. The Morgan fingerprint density at radius 2 is 2.00 bits per heavy atom. The minimum atomic E-state index is 0.709. The standard InChI is InChI=1S/C17H20N4/c1-2-6-16-13(4-1)5-3-11-21(16)17-10-9-15(19-20-17)12-18-14-7-8-14/h1-2,4,6,9-10,14,18H,3,5,7-8,11-12H2. The fourth-order valence-electron chi connectivity index (χ4n) is 2.90. The second-order valence-corrected chi connectivity index (χ2v) is 5.92. The first kappa shape index (κ1) is 12.8. The first-order chi connectivity index (χ1) is 10.4.